The van der Waals surface area contributed by atoms with Gasteiger partial charge in [0.25, 0.3) is 0 Å². The Bertz CT molecular complexity index is 501. The van der Waals surface area contributed by atoms with Gasteiger partial charge in [-0.25, -0.2) is 0 Å². The number of rotatable bonds is 7. The molecule has 1 aromatic heterocycles. The van der Waals surface area contributed by atoms with E-state index in [1.165, 1.54) is 32.8 Å². The number of hydrogen-bond acceptors (Lipinski definition) is 6. The van der Waals surface area contributed by atoms with Crippen LogP contribution in [0.15, 0.2) is 0 Å². The van der Waals surface area contributed by atoms with Crippen molar-refractivity contribution in [3.63, 3.8) is 0 Å². The second-order valence-electron chi connectivity index (χ2n) is 5.90. The number of methoxy groups -OCH3 is 1. The van der Waals surface area contributed by atoms with Crippen LogP contribution in [-0.4, -0.2) is 42.1 Å². The van der Waals surface area contributed by atoms with Gasteiger partial charge in [0.2, 0.25) is 11.9 Å². The van der Waals surface area contributed by atoms with Crippen molar-refractivity contribution in [3.8, 4) is 6.01 Å². The third kappa shape index (κ3) is 4.82. The molecule has 1 fully saturated rings. The Balaban J connectivity index is 1.84. The average molecular weight is 307 g/mol. The Morgan fingerprint density at radius 1 is 1.27 bits per heavy atom. The van der Waals surface area contributed by atoms with Gasteiger partial charge in [-0.05, 0) is 12.3 Å². The largest absolute Gasteiger partial charge is 0.467 e. The third-order valence-electron chi connectivity index (χ3n) is 3.93. The summed E-state index contributed by atoms with van der Waals surface area (Å²) < 4.78 is 5.07. The van der Waals surface area contributed by atoms with Gasteiger partial charge in [-0.15, -0.1) is 0 Å². The lowest BCUT2D eigenvalue weighted by molar-refractivity contribution is -0.121. The molecule has 0 unspecified atom stereocenters. The molecule has 0 bridgehead atoms. The maximum absolute atomic E-state index is 11.9. The van der Waals surface area contributed by atoms with Crippen molar-refractivity contribution in [2.75, 3.05) is 26.1 Å². The van der Waals surface area contributed by atoms with Crippen LogP contribution in [-0.2, 0) is 11.3 Å². The Kier molecular flexibility index (Phi) is 5.91. The fourth-order valence-electron chi connectivity index (χ4n) is 2.66. The SMILES string of the molecule is COc1nc(CNC(=O)CCC2CCCC2)nc(N(C)C)n1. The minimum atomic E-state index is 0.0534. The summed E-state index contributed by atoms with van der Waals surface area (Å²) in [5, 5.41) is 2.87. The van der Waals surface area contributed by atoms with Crippen LogP contribution in [0.1, 0.15) is 44.3 Å². The Morgan fingerprint density at radius 3 is 2.64 bits per heavy atom. The van der Waals surface area contributed by atoms with Gasteiger partial charge < -0.3 is 15.0 Å². The van der Waals surface area contributed by atoms with E-state index >= 15 is 0 Å². The van der Waals surface area contributed by atoms with Crippen LogP contribution in [0.4, 0.5) is 5.95 Å². The summed E-state index contributed by atoms with van der Waals surface area (Å²) in [7, 11) is 5.20. The molecule has 1 saturated carbocycles. The first-order valence-corrected chi connectivity index (χ1v) is 7.81. The van der Waals surface area contributed by atoms with E-state index in [-0.39, 0.29) is 11.9 Å². The van der Waals surface area contributed by atoms with Crippen LogP contribution in [0.25, 0.3) is 0 Å². The number of anilines is 1. The predicted molar refractivity (Wildman–Crippen MR) is 83.7 cm³/mol. The van der Waals surface area contributed by atoms with Crippen LogP contribution >= 0.6 is 0 Å². The van der Waals surface area contributed by atoms with Gasteiger partial charge in [0.1, 0.15) is 0 Å². The summed E-state index contributed by atoms with van der Waals surface area (Å²) in [6, 6.07) is 0.258. The monoisotopic (exact) mass is 307 g/mol. The quantitative estimate of drug-likeness (QED) is 0.823. The molecule has 1 heterocycles. The fourth-order valence-corrected chi connectivity index (χ4v) is 2.66. The molecule has 0 aliphatic heterocycles. The molecule has 1 aliphatic carbocycles. The highest BCUT2D eigenvalue weighted by Crippen LogP contribution is 2.28. The summed E-state index contributed by atoms with van der Waals surface area (Å²) in [6.45, 7) is 0.295. The number of ether oxygens (including phenoxy) is 1. The minimum absolute atomic E-state index is 0.0534. The van der Waals surface area contributed by atoms with Gasteiger partial charge in [-0.3, -0.25) is 4.79 Å². The van der Waals surface area contributed by atoms with Gasteiger partial charge in [0.15, 0.2) is 5.82 Å². The maximum atomic E-state index is 11.9. The zero-order chi connectivity index (χ0) is 15.9. The summed E-state index contributed by atoms with van der Waals surface area (Å²) in [5.41, 5.74) is 0. The summed E-state index contributed by atoms with van der Waals surface area (Å²) in [6.07, 6.45) is 6.71. The van der Waals surface area contributed by atoms with Crippen LogP contribution in [0.2, 0.25) is 0 Å². The number of nitrogens with zero attached hydrogens (tertiary/aromatic N) is 4. The molecule has 0 aromatic carbocycles. The molecule has 7 heteroatoms. The third-order valence-corrected chi connectivity index (χ3v) is 3.93. The van der Waals surface area contributed by atoms with E-state index in [4.69, 9.17) is 4.74 Å². The number of hydrogen-bond donors (Lipinski definition) is 1. The van der Waals surface area contributed by atoms with Crippen LogP contribution in [0.5, 0.6) is 6.01 Å². The smallest absolute Gasteiger partial charge is 0.321 e. The summed E-state index contributed by atoms with van der Waals surface area (Å²) in [5.74, 6) is 1.80. The lowest BCUT2D eigenvalue weighted by Gasteiger charge is -2.12. The first-order valence-electron chi connectivity index (χ1n) is 7.81. The van der Waals surface area contributed by atoms with Crippen molar-refractivity contribution >= 4 is 11.9 Å². The highest BCUT2D eigenvalue weighted by molar-refractivity contribution is 5.75. The Labute approximate surface area is 131 Å². The first kappa shape index (κ1) is 16.5. The first-order chi connectivity index (χ1) is 10.6. The lowest BCUT2D eigenvalue weighted by atomic mass is 10.0. The molecule has 0 saturated heterocycles. The Morgan fingerprint density at radius 2 is 2.00 bits per heavy atom. The zero-order valence-electron chi connectivity index (χ0n) is 13.6. The highest BCUT2D eigenvalue weighted by atomic mass is 16.5. The van der Waals surface area contributed by atoms with Gasteiger partial charge in [0, 0.05) is 20.5 Å². The predicted octanol–water partition coefficient (Wildman–Crippen LogP) is 1.53. The van der Waals surface area contributed by atoms with Crippen molar-refractivity contribution < 1.29 is 9.53 Å². The summed E-state index contributed by atoms with van der Waals surface area (Å²) in [4.78, 5) is 26.3. The van der Waals surface area contributed by atoms with Crippen molar-refractivity contribution in [2.45, 2.75) is 45.1 Å². The van der Waals surface area contributed by atoms with E-state index in [0.717, 1.165) is 12.3 Å². The topological polar surface area (TPSA) is 80.2 Å². The number of aromatic nitrogens is 3. The number of amides is 1. The molecule has 1 aromatic rings. The number of carbonyl (C=O) groups excluding carboxylic acids is 1. The highest BCUT2D eigenvalue weighted by Gasteiger charge is 2.16. The molecule has 7 nitrogen and oxygen atoms in total. The van der Waals surface area contributed by atoms with Gasteiger partial charge >= 0.3 is 6.01 Å². The van der Waals surface area contributed by atoms with Crippen LogP contribution < -0.4 is 15.0 Å². The van der Waals surface area contributed by atoms with E-state index in [2.05, 4.69) is 20.3 Å². The van der Waals surface area contributed by atoms with E-state index in [9.17, 15) is 4.79 Å². The van der Waals surface area contributed by atoms with Crippen molar-refractivity contribution in [1.82, 2.24) is 20.3 Å². The number of nitrogens with one attached hydrogen (secondary N) is 1. The molecule has 1 N–H and O–H groups in total. The number of carbonyl (C=O) groups is 1. The molecule has 2 rings (SSSR count). The maximum Gasteiger partial charge on any atom is 0.321 e. The molecule has 122 valence electrons. The van der Waals surface area contributed by atoms with Gasteiger partial charge in [0.05, 0.1) is 13.7 Å². The van der Waals surface area contributed by atoms with E-state index < -0.39 is 0 Å². The second-order valence-corrected chi connectivity index (χ2v) is 5.90. The fraction of sp³-hybridized carbons (Fsp3) is 0.733. The van der Waals surface area contributed by atoms with Crippen molar-refractivity contribution in [2.24, 2.45) is 5.92 Å². The molecule has 0 radical (unpaired) electrons. The van der Waals surface area contributed by atoms with Crippen molar-refractivity contribution in [3.05, 3.63) is 5.82 Å². The molecular formula is C15H25N5O2. The molecule has 0 spiro atoms. The van der Waals surface area contributed by atoms with Crippen LogP contribution in [0, 0.1) is 5.92 Å². The molecule has 22 heavy (non-hydrogen) atoms. The van der Waals surface area contributed by atoms with E-state index in [0.29, 0.717) is 24.7 Å². The molecule has 1 amide bonds. The Hall–Kier alpha value is -1.92. The normalized spacial score (nSPS) is 14.9. The van der Waals surface area contributed by atoms with E-state index in [1.807, 2.05) is 14.1 Å². The minimum Gasteiger partial charge on any atom is -0.467 e. The van der Waals surface area contributed by atoms with Gasteiger partial charge in [-0.2, -0.15) is 15.0 Å². The van der Waals surface area contributed by atoms with E-state index in [1.54, 1.807) is 4.90 Å². The molecule has 1 aliphatic rings. The second kappa shape index (κ2) is 7.91. The van der Waals surface area contributed by atoms with Gasteiger partial charge in [-0.1, -0.05) is 25.7 Å². The average Bonchev–Trinajstić information content (AvgIpc) is 3.04. The van der Waals surface area contributed by atoms with Crippen molar-refractivity contribution in [1.29, 1.82) is 0 Å². The standard InChI is InChI=1S/C15H25N5O2/c1-20(2)14-17-12(18-15(19-14)22-3)10-16-13(21)9-8-11-6-4-5-7-11/h11H,4-10H2,1-3H3,(H,16,21). The molecule has 0 atom stereocenters. The van der Waals surface area contributed by atoms with Crippen LogP contribution in [0.3, 0.4) is 0 Å². The molecular weight excluding hydrogens is 282 g/mol. The zero-order valence-corrected chi connectivity index (χ0v) is 13.6. The lowest BCUT2D eigenvalue weighted by Crippen LogP contribution is -2.25. The summed E-state index contributed by atoms with van der Waals surface area (Å²) >= 11 is 0.